The van der Waals surface area contributed by atoms with Gasteiger partial charge in [-0.25, -0.2) is 4.79 Å². The number of aliphatic carboxylic acids is 1. The molecule has 33 heavy (non-hydrogen) atoms. The first kappa shape index (κ1) is 27.2. The second-order valence-corrected chi connectivity index (χ2v) is 8.89. The Morgan fingerprint density at radius 3 is 2.48 bits per heavy atom. The summed E-state index contributed by atoms with van der Waals surface area (Å²) >= 11 is 11.9. The van der Waals surface area contributed by atoms with Gasteiger partial charge in [0, 0.05) is 37.0 Å². The van der Waals surface area contributed by atoms with Crippen LogP contribution in [0.2, 0.25) is 0 Å². The summed E-state index contributed by atoms with van der Waals surface area (Å²) in [5, 5.41) is 18.0. The van der Waals surface area contributed by atoms with Gasteiger partial charge in [-0.1, -0.05) is 25.5 Å². The highest BCUT2D eigenvalue weighted by molar-refractivity contribution is 6.18. The van der Waals surface area contributed by atoms with E-state index in [1.54, 1.807) is 0 Å². The summed E-state index contributed by atoms with van der Waals surface area (Å²) in [4.78, 5) is 39.4. The maximum absolute atomic E-state index is 13.1. The first-order valence-corrected chi connectivity index (χ1v) is 12.5. The number of carbonyl (C=O) groups excluding carboxylic acids is 2. The van der Waals surface area contributed by atoms with E-state index in [2.05, 4.69) is 20.9 Å². The Kier molecular flexibility index (Phi) is 11.8. The van der Waals surface area contributed by atoms with E-state index < -0.39 is 24.0 Å². The van der Waals surface area contributed by atoms with Crippen LogP contribution in [0.15, 0.2) is 24.3 Å². The van der Waals surface area contributed by atoms with Crippen LogP contribution in [0.3, 0.4) is 0 Å². The van der Waals surface area contributed by atoms with Gasteiger partial charge in [0.25, 0.3) is 0 Å². The van der Waals surface area contributed by atoms with Crippen LogP contribution in [-0.4, -0.2) is 72.4 Å². The number of rotatable bonds is 14. The maximum Gasteiger partial charge on any atom is 0.326 e. The Morgan fingerprint density at radius 2 is 1.91 bits per heavy atom. The van der Waals surface area contributed by atoms with Crippen molar-refractivity contribution >= 4 is 46.7 Å². The van der Waals surface area contributed by atoms with E-state index in [-0.39, 0.29) is 18.4 Å². The van der Waals surface area contributed by atoms with Gasteiger partial charge in [-0.05, 0) is 43.5 Å². The number of halogens is 2. The minimum Gasteiger partial charge on any atom is -0.480 e. The smallest absolute Gasteiger partial charge is 0.326 e. The molecule has 8 nitrogen and oxygen atoms in total. The van der Waals surface area contributed by atoms with E-state index in [1.165, 1.54) is 0 Å². The highest BCUT2D eigenvalue weighted by atomic mass is 35.5. The summed E-state index contributed by atoms with van der Waals surface area (Å²) < 4.78 is 0. The van der Waals surface area contributed by atoms with E-state index in [9.17, 15) is 19.5 Å². The number of carboxylic acid groups (broad SMARTS) is 1. The molecule has 3 atom stereocenters. The Labute approximate surface area is 205 Å². The SMILES string of the molecule is CCCC(NC(=O)C(Cc1cccc(N(CCCl)CCCl)c1)NC(=O)C1CCCN1)C(=O)O. The highest BCUT2D eigenvalue weighted by Gasteiger charge is 2.30. The van der Waals surface area contributed by atoms with Crippen molar-refractivity contribution in [2.45, 2.75) is 57.2 Å². The van der Waals surface area contributed by atoms with Crippen molar-refractivity contribution in [2.24, 2.45) is 0 Å². The summed E-state index contributed by atoms with van der Waals surface area (Å²) in [5.74, 6) is -0.953. The Bertz CT molecular complexity index is 783. The minimum absolute atomic E-state index is 0.228. The summed E-state index contributed by atoms with van der Waals surface area (Å²) in [6.45, 7) is 3.86. The molecule has 1 heterocycles. The van der Waals surface area contributed by atoms with Crippen molar-refractivity contribution in [1.29, 1.82) is 0 Å². The molecule has 1 aliphatic rings. The number of hydrogen-bond donors (Lipinski definition) is 4. The van der Waals surface area contributed by atoms with E-state index in [0.29, 0.717) is 44.1 Å². The number of anilines is 1. The molecular weight excluding hydrogens is 467 g/mol. The maximum atomic E-state index is 13.1. The zero-order chi connectivity index (χ0) is 24.2. The fourth-order valence-corrected chi connectivity index (χ4v) is 4.31. The largest absolute Gasteiger partial charge is 0.480 e. The third kappa shape index (κ3) is 8.68. The van der Waals surface area contributed by atoms with Gasteiger partial charge in [-0.3, -0.25) is 9.59 Å². The standard InChI is InChI=1S/C23H34Cl2N4O4/c1-2-5-19(23(32)33)27-22(31)20(28-21(30)18-8-4-11-26-18)15-16-6-3-7-17(14-16)29(12-9-24)13-10-25/h3,6-7,14,18-20,26H,2,4-5,8-13,15H2,1H3,(H,27,31)(H,28,30)(H,32,33). The fraction of sp³-hybridized carbons (Fsp3) is 0.609. The minimum atomic E-state index is -1.09. The van der Waals surface area contributed by atoms with E-state index in [1.807, 2.05) is 31.2 Å². The Balaban J connectivity index is 2.21. The van der Waals surface area contributed by atoms with Crippen molar-refractivity contribution < 1.29 is 19.5 Å². The molecule has 184 valence electrons. The fourth-order valence-electron chi connectivity index (χ4n) is 3.90. The Morgan fingerprint density at radius 1 is 1.18 bits per heavy atom. The average molecular weight is 501 g/mol. The molecule has 4 N–H and O–H groups in total. The van der Waals surface area contributed by atoms with Crippen molar-refractivity contribution in [2.75, 3.05) is 36.3 Å². The lowest BCUT2D eigenvalue weighted by Crippen LogP contribution is -2.55. The van der Waals surface area contributed by atoms with Crippen LogP contribution >= 0.6 is 23.2 Å². The monoisotopic (exact) mass is 500 g/mol. The van der Waals surface area contributed by atoms with E-state index >= 15 is 0 Å². The molecule has 1 aromatic carbocycles. The van der Waals surface area contributed by atoms with Crippen LogP contribution in [-0.2, 0) is 20.8 Å². The molecule has 0 aromatic heterocycles. The summed E-state index contributed by atoms with van der Waals surface area (Å²) in [6.07, 6.45) is 2.75. The second kappa shape index (κ2) is 14.3. The third-order valence-electron chi connectivity index (χ3n) is 5.63. The predicted octanol–water partition coefficient (Wildman–Crippen LogP) is 2.12. The molecule has 1 saturated heterocycles. The molecule has 10 heteroatoms. The number of carboxylic acids is 1. The molecule has 0 saturated carbocycles. The zero-order valence-corrected chi connectivity index (χ0v) is 20.5. The molecule has 1 aliphatic heterocycles. The normalized spacial score (nSPS) is 17.2. The van der Waals surface area contributed by atoms with Gasteiger partial charge in [0.15, 0.2) is 0 Å². The van der Waals surface area contributed by atoms with Gasteiger partial charge in [0.2, 0.25) is 11.8 Å². The molecule has 1 fully saturated rings. The van der Waals surface area contributed by atoms with Gasteiger partial charge < -0.3 is 26.0 Å². The number of carbonyl (C=O) groups is 3. The number of nitrogens with one attached hydrogen (secondary N) is 3. The average Bonchev–Trinajstić information content (AvgIpc) is 3.33. The topological polar surface area (TPSA) is 111 Å². The highest BCUT2D eigenvalue weighted by Crippen LogP contribution is 2.18. The number of benzene rings is 1. The van der Waals surface area contributed by atoms with Gasteiger partial charge in [0.1, 0.15) is 12.1 Å². The predicted molar refractivity (Wildman–Crippen MR) is 131 cm³/mol. The van der Waals surface area contributed by atoms with Crippen molar-refractivity contribution in [3.63, 3.8) is 0 Å². The molecule has 0 bridgehead atoms. The lowest BCUT2D eigenvalue weighted by Gasteiger charge is -2.25. The molecular formula is C23H34Cl2N4O4. The molecule has 0 aliphatic carbocycles. The zero-order valence-electron chi connectivity index (χ0n) is 19.0. The van der Waals surface area contributed by atoms with Crippen LogP contribution in [0, 0.1) is 0 Å². The molecule has 3 unspecified atom stereocenters. The number of alkyl halides is 2. The molecule has 0 radical (unpaired) electrons. The van der Waals surface area contributed by atoms with Crippen molar-refractivity contribution in [3.8, 4) is 0 Å². The van der Waals surface area contributed by atoms with E-state index in [0.717, 1.165) is 24.2 Å². The van der Waals surface area contributed by atoms with Gasteiger partial charge in [0.05, 0.1) is 6.04 Å². The summed E-state index contributed by atoms with van der Waals surface area (Å²) in [6, 6.07) is 5.40. The number of nitrogens with zero attached hydrogens (tertiary/aromatic N) is 1. The molecule has 2 rings (SSSR count). The molecule has 1 aromatic rings. The van der Waals surface area contributed by atoms with Crippen LogP contribution < -0.4 is 20.9 Å². The van der Waals surface area contributed by atoms with Gasteiger partial charge in [-0.15, -0.1) is 23.2 Å². The summed E-state index contributed by atoms with van der Waals surface area (Å²) in [5.41, 5.74) is 1.76. The molecule has 2 amide bonds. The lowest BCUT2D eigenvalue weighted by atomic mass is 10.0. The quantitative estimate of drug-likeness (QED) is 0.291. The first-order valence-electron chi connectivity index (χ1n) is 11.4. The molecule has 0 spiro atoms. The Hall–Kier alpha value is -2.03. The first-order chi connectivity index (χ1) is 15.9. The van der Waals surface area contributed by atoms with Crippen LogP contribution in [0.25, 0.3) is 0 Å². The van der Waals surface area contributed by atoms with Crippen LogP contribution in [0.1, 0.15) is 38.2 Å². The lowest BCUT2D eigenvalue weighted by molar-refractivity contribution is -0.142. The van der Waals surface area contributed by atoms with E-state index in [4.69, 9.17) is 23.2 Å². The van der Waals surface area contributed by atoms with Gasteiger partial charge in [-0.2, -0.15) is 0 Å². The van der Waals surface area contributed by atoms with Gasteiger partial charge >= 0.3 is 5.97 Å². The van der Waals surface area contributed by atoms with Crippen LogP contribution in [0.5, 0.6) is 0 Å². The third-order valence-corrected chi connectivity index (χ3v) is 5.96. The van der Waals surface area contributed by atoms with Crippen LogP contribution in [0.4, 0.5) is 5.69 Å². The van der Waals surface area contributed by atoms with Crippen molar-refractivity contribution in [1.82, 2.24) is 16.0 Å². The van der Waals surface area contributed by atoms with Crippen molar-refractivity contribution in [3.05, 3.63) is 29.8 Å². The second-order valence-electron chi connectivity index (χ2n) is 8.14. The summed E-state index contributed by atoms with van der Waals surface area (Å²) in [7, 11) is 0. The number of amides is 2. The number of hydrogen-bond acceptors (Lipinski definition) is 5.